The summed E-state index contributed by atoms with van der Waals surface area (Å²) in [7, 11) is 1.97. The number of amides is 1. The number of fused-ring (bicyclic) bond motifs is 1. The average molecular weight is 534 g/mol. The molecule has 2 unspecified atom stereocenters. The van der Waals surface area contributed by atoms with Gasteiger partial charge in [-0.1, -0.05) is 6.07 Å². The van der Waals surface area contributed by atoms with Crippen LogP contribution in [0.3, 0.4) is 0 Å². The molecule has 7 nitrogen and oxygen atoms in total. The molecule has 1 amide bonds. The number of halogens is 3. The number of nitrogens with one attached hydrogen (secondary N) is 1. The Kier molecular flexibility index (Phi) is 7.37. The highest BCUT2D eigenvalue weighted by atomic mass is 32.1. The molecule has 3 heterocycles. The van der Waals surface area contributed by atoms with Crippen LogP contribution in [0, 0.1) is 5.95 Å². The summed E-state index contributed by atoms with van der Waals surface area (Å²) < 4.78 is 45.7. The number of nitrogens with zero attached hydrogens (tertiary/aromatic N) is 4. The highest BCUT2D eigenvalue weighted by Crippen LogP contribution is 2.36. The molecule has 11 heteroatoms. The number of piperidine rings is 1. The molecule has 0 radical (unpaired) electrons. The van der Waals surface area contributed by atoms with Gasteiger partial charge in [-0.25, -0.2) is 8.78 Å². The van der Waals surface area contributed by atoms with Gasteiger partial charge in [0.05, 0.1) is 17.7 Å². The maximum absolute atomic E-state index is 13.6. The summed E-state index contributed by atoms with van der Waals surface area (Å²) in [5.74, 6) is -1.33. The van der Waals surface area contributed by atoms with Crippen LogP contribution in [0.4, 0.5) is 13.2 Å². The van der Waals surface area contributed by atoms with Crippen LogP contribution in [0.5, 0.6) is 0 Å². The van der Waals surface area contributed by atoms with Crippen molar-refractivity contribution in [1.29, 1.82) is 0 Å². The van der Waals surface area contributed by atoms with E-state index >= 15 is 0 Å². The number of alkyl halides is 2. The lowest BCUT2D eigenvalue weighted by molar-refractivity contribution is -0.137. The molecule has 1 aromatic carbocycles. The molecule has 0 bridgehead atoms. The summed E-state index contributed by atoms with van der Waals surface area (Å²) in [6.45, 7) is 0.523. The fraction of sp³-hybridized carbons (Fsp3) is 0.500. The molecule has 1 fully saturated rings. The summed E-state index contributed by atoms with van der Waals surface area (Å²) in [5.41, 5.74) is 4.49. The molecular formula is C26H30F3N5O2S. The Labute approximate surface area is 217 Å². The van der Waals surface area contributed by atoms with Crippen molar-refractivity contribution in [1.82, 2.24) is 24.4 Å². The molecule has 2 N–H and O–H groups in total. The van der Waals surface area contributed by atoms with Gasteiger partial charge >= 0.3 is 0 Å². The lowest BCUT2D eigenvalue weighted by Crippen LogP contribution is -2.48. The Morgan fingerprint density at radius 3 is 2.57 bits per heavy atom. The Morgan fingerprint density at radius 2 is 1.97 bits per heavy atom. The molecule has 0 spiro atoms. The summed E-state index contributed by atoms with van der Waals surface area (Å²) >= 11 is 1.39. The van der Waals surface area contributed by atoms with Gasteiger partial charge in [-0.05, 0) is 73.1 Å². The second kappa shape index (κ2) is 10.5. The first-order chi connectivity index (χ1) is 17.7. The minimum absolute atomic E-state index is 0.261. The van der Waals surface area contributed by atoms with Gasteiger partial charge < -0.3 is 15.3 Å². The normalized spacial score (nSPS) is 19.8. The third-order valence-corrected chi connectivity index (χ3v) is 8.20. The molecule has 1 aliphatic heterocycles. The van der Waals surface area contributed by atoms with Gasteiger partial charge in [0.2, 0.25) is 11.9 Å². The molecule has 1 saturated heterocycles. The molecule has 37 heavy (non-hydrogen) atoms. The highest BCUT2D eigenvalue weighted by Gasteiger charge is 2.37. The number of likely N-dealkylation sites (N-methyl/N-ethyl adjacent to an activating group) is 1. The molecule has 5 rings (SSSR count). The van der Waals surface area contributed by atoms with E-state index in [0.717, 1.165) is 46.6 Å². The zero-order valence-corrected chi connectivity index (χ0v) is 21.4. The number of aromatic nitrogens is 3. The van der Waals surface area contributed by atoms with E-state index in [1.807, 2.05) is 18.5 Å². The zero-order valence-electron chi connectivity index (χ0n) is 20.5. The molecule has 2 aliphatic rings. The van der Waals surface area contributed by atoms with E-state index in [1.54, 1.807) is 0 Å². The van der Waals surface area contributed by atoms with Crippen molar-refractivity contribution >= 4 is 17.4 Å². The van der Waals surface area contributed by atoms with Gasteiger partial charge in [0.25, 0.3) is 6.43 Å². The third-order valence-electron chi connectivity index (χ3n) is 7.64. The first-order valence-corrected chi connectivity index (χ1v) is 13.3. The summed E-state index contributed by atoms with van der Waals surface area (Å²) in [4.78, 5) is 14.3. The van der Waals surface area contributed by atoms with Gasteiger partial charge in [0, 0.05) is 48.8 Å². The first-order valence-electron chi connectivity index (χ1n) is 12.5. The molecule has 198 valence electrons. The lowest BCUT2D eigenvalue weighted by Gasteiger charge is -2.39. The topological polar surface area (TPSA) is 83.3 Å². The summed E-state index contributed by atoms with van der Waals surface area (Å²) in [5, 5.41) is 20.2. The number of likely N-dealkylation sites (tertiary alicyclic amines) is 1. The Balaban J connectivity index is 1.28. The standard InChI is InChI=1S/C26H30F3N5O2S/c1-30-19-11-16-10-18(20(13-17(16)12-19)21-3-9-37-32-21)15-26(36)4-7-33(8-5-26)24(35)14-22(25(28)29)34-6-2-23(27)31-34/h2-3,6,9-10,13,19,22,25,30,36H,4-5,7-8,11-12,14-15H2,1H3. The van der Waals surface area contributed by atoms with Crippen molar-refractivity contribution in [2.24, 2.45) is 0 Å². The van der Waals surface area contributed by atoms with Crippen molar-refractivity contribution in [3.05, 3.63) is 58.5 Å². The fourth-order valence-corrected chi connectivity index (χ4v) is 6.00. The van der Waals surface area contributed by atoms with E-state index in [1.165, 1.54) is 27.6 Å². The lowest BCUT2D eigenvalue weighted by atomic mass is 9.82. The highest BCUT2D eigenvalue weighted by molar-refractivity contribution is 7.03. The minimum atomic E-state index is -2.86. The summed E-state index contributed by atoms with van der Waals surface area (Å²) in [6.07, 6.45) is 0.745. The first kappa shape index (κ1) is 25.9. The Hall–Kier alpha value is -2.76. The second-order valence-corrected chi connectivity index (χ2v) is 10.7. The van der Waals surface area contributed by atoms with Crippen LogP contribution in [0.15, 0.2) is 35.8 Å². The number of carbonyl (C=O) groups excluding carboxylic acids is 1. The monoisotopic (exact) mass is 533 g/mol. The Morgan fingerprint density at radius 1 is 1.24 bits per heavy atom. The van der Waals surface area contributed by atoms with E-state index in [-0.39, 0.29) is 13.1 Å². The minimum Gasteiger partial charge on any atom is -0.389 e. The zero-order chi connectivity index (χ0) is 26.2. The van der Waals surface area contributed by atoms with Gasteiger partial charge in [-0.2, -0.15) is 8.76 Å². The van der Waals surface area contributed by atoms with Crippen molar-refractivity contribution in [3.8, 4) is 11.3 Å². The second-order valence-electron chi connectivity index (χ2n) is 10.1. The largest absolute Gasteiger partial charge is 0.389 e. The average Bonchev–Trinajstić information content (AvgIpc) is 3.62. The fourth-order valence-electron chi connectivity index (χ4n) is 5.47. The van der Waals surface area contributed by atoms with E-state index in [0.29, 0.717) is 25.3 Å². The van der Waals surface area contributed by atoms with Crippen LogP contribution >= 0.6 is 11.5 Å². The van der Waals surface area contributed by atoms with Crippen molar-refractivity contribution in [2.75, 3.05) is 20.1 Å². The van der Waals surface area contributed by atoms with Gasteiger partial charge in [-0.3, -0.25) is 9.48 Å². The van der Waals surface area contributed by atoms with Crippen molar-refractivity contribution in [2.45, 2.75) is 62.6 Å². The van der Waals surface area contributed by atoms with Gasteiger partial charge in [-0.15, -0.1) is 5.10 Å². The summed E-state index contributed by atoms with van der Waals surface area (Å²) in [6, 6.07) is 6.21. The SMILES string of the molecule is CNC1Cc2cc(CC3(O)CCN(C(=O)CC(C(F)F)n4ccc(F)n4)CC3)c(-c3ccsn3)cc2C1. The smallest absolute Gasteiger partial charge is 0.261 e. The van der Waals surface area contributed by atoms with Crippen molar-refractivity contribution in [3.63, 3.8) is 0 Å². The van der Waals surface area contributed by atoms with Gasteiger partial charge in [0.1, 0.15) is 6.04 Å². The molecule has 2 atom stereocenters. The van der Waals surface area contributed by atoms with E-state index in [2.05, 4.69) is 26.9 Å². The van der Waals surface area contributed by atoms with E-state index in [9.17, 15) is 23.1 Å². The molecule has 3 aromatic rings. The predicted molar refractivity (Wildman–Crippen MR) is 134 cm³/mol. The molecule has 2 aromatic heterocycles. The number of rotatable bonds is 8. The quantitative estimate of drug-likeness (QED) is 0.462. The van der Waals surface area contributed by atoms with Crippen LogP contribution < -0.4 is 5.32 Å². The molecule has 0 saturated carbocycles. The maximum atomic E-state index is 13.6. The van der Waals surface area contributed by atoms with Crippen molar-refractivity contribution < 1.29 is 23.1 Å². The molecule has 1 aliphatic carbocycles. The van der Waals surface area contributed by atoms with Crippen LogP contribution in [0.2, 0.25) is 0 Å². The van der Waals surface area contributed by atoms with Crippen LogP contribution in [0.25, 0.3) is 11.3 Å². The van der Waals surface area contributed by atoms with E-state index in [4.69, 9.17) is 0 Å². The van der Waals surface area contributed by atoms with E-state index < -0.39 is 36.3 Å². The number of carbonyl (C=O) groups is 1. The number of benzene rings is 1. The van der Waals surface area contributed by atoms with Gasteiger partial charge in [0.15, 0.2) is 0 Å². The van der Waals surface area contributed by atoms with Crippen LogP contribution in [-0.4, -0.2) is 68.3 Å². The van der Waals surface area contributed by atoms with Crippen LogP contribution in [0.1, 0.15) is 42.0 Å². The maximum Gasteiger partial charge on any atom is 0.261 e. The van der Waals surface area contributed by atoms with Crippen LogP contribution in [-0.2, 0) is 24.1 Å². The number of hydrogen-bond donors (Lipinski definition) is 2. The number of aliphatic hydroxyl groups is 1. The number of hydrogen-bond acceptors (Lipinski definition) is 6. The predicted octanol–water partition coefficient (Wildman–Crippen LogP) is 3.62. The molecular weight excluding hydrogens is 503 g/mol. The Bertz CT molecular complexity index is 1240. The third kappa shape index (κ3) is 5.58.